The van der Waals surface area contributed by atoms with Gasteiger partial charge in [0.05, 0.1) is 6.54 Å². The SMILES string of the molecule is Cc1ccc(CN2CC[C@@H](N(C)C)[C@@H]2Cc2cccnc2)o1. The Labute approximate surface area is 132 Å². The molecule has 2 aromatic heterocycles. The predicted molar refractivity (Wildman–Crippen MR) is 87.7 cm³/mol. The Bertz CT molecular complexity index is 593. The Morgan fingerprint density at radius 3 is 2.82 bits per heavy atom. The van der Waals surface area contributed by atoms with Crippen molar-refractivity contribution >= 4 is 0 Å². The molecular weight excluding hydrogens is 274 g/mol. The first-order chi connectivity index (χ1) is 10.6. The third kappa shape index (κ3) is 3.39. The van der Waals surface area contributed by atoms with E-state index in [4.69, 9.17) is 4.42 Å². The minimum Gasteiger partial charge on any atom is -0.465 e. The third-order valence-corrected chi connectivity index (χ3v) is 4.61. The average molecular weight is 299 g/mol. The van der Waals surface area contributed by atoms with Crippen molar-refractivity contribution in [3.8, 4) is 0 Å². The van der Waals surface area contributed by atoms with Gasteiger partial charge in [-0.1, -0.05) is 6.07 Å². The van der Waals surface area contributed by atoms with Gasteiger partial charge in [0, 0.05) is 31.0 Å². The molecule has 0 saturated carbocycles. The van der Waals surface area contributed by atoms with Crippen molar-refractivity contribution in [2.75, 3.05) is 20.6 Å². The quantitative estimate of drug-likeness (QED) is 0.850. The standard InChI is InChI=1S/C18H25N3O/c1-14-6-7-16(22-14)13-21-10-8-17(20(2)3)18(21)11-15-5-4-9-19-12-15/h4-7,9,12,17-18H,8,10-11,13H2,1-3H3/t17-,18+/m1/s1. The number of likely N-dealkylation sites (N-methyl/N-ethyl adjacent to an activating group) is 1. The van der Waals surface area contributed by atoms with Gasteiger partial charge in [-0.2, -0.15) is 0 Å². The van der Waals surface area contributed by atoms with E-state index in [-0.39, 0.29) is 0 Å². The Morgan fingerprint density at radius 1 is 1.32 bits per heavy atom. The second kappa shape index (κ2) is 6.63. The number of aromatic nitrogens is 1. The first-order valence-corrected chi connectivity index (χ1v) is 7.98. The molecule has 0 spiro atoms. The van der Waals surface area contributed by atoms with Gasteiger partial charge >= 0.3 is 0 Å². The van der Waals surface area contributed by atoms with Gasteiger partial charge in [-0.15, -0.1) is 0 Å². The molecule has 2 aromatic rings. The molecule has 1 saturated heterocycles. The van der Waals surface area contributed by atoms with Crippen molar-refractivity contribution in [2.24, 2.45) is 0 Å². The summed E-state index contributed by atoms with van der Waals surface area (Å²) in [4.78, 5) is 9.17. The van der Waals surface area contributed by atoms with E-state index in [0.29, 0.717) is 12.1 Å². The van der Waals surface area contributed by atoms with E-state index < -0.39 is 0 Å². The van der Waals surface area contributed by atoms with Crippen molar-refractivity contribution < 1.29 is 4.42 Å². The molecule has 0 N–H and O–H groups in total. The molecule has 22 heavy (non-hydrogen) atoms. The molecule has 0 aromatic carbocycles. The van der Waals surface area contributed by atoms with Crippen molar-refractivity contribution in [2.45, 2.75) is 38.4 Å². The highest BCUT2D eigenvalue weighted by atomic mass is 16.3. The summed E-state index contributed by atoms with van der Waals surface area (Å²) in [6.07, 6.45) is 6.07. The maximum absolute atomic E-state index is 5.77. The van der Waals surface area contributed by atoms with Crippen LogP contribution in [0, 0.1) is 6.92 Å². The van der Waals surface area contributed by atoms with E-state index >= 15 is 0 Å². The maximum Gasteiger partial charge on any atom is 0.118 e. The lowest BCUT2D eigenvalue weighted by atomic mass is 10.0. The summed E-state index contributed by atoms with van der Waals surface area (Å²) in [5.41, 5.74) is 1.31. The molecule has 2 atom stereocenters. The first-order valence-electron chi connectivity index (χ1n) is 7.98. The molecule has 1 aliphatic heterocycles. The lowest BCUT2D eigenvalue weighted by molar-refractivity contribution is 0.168. The molecule has 0 unspecified atom stereocenters. The predicted octanol–water partition coefficient (Wildman–Crippen LogP) is 2.73. The lowest BCUT2D eigenvalue weighted by Gasteiger charge is -2.31. The van der Waals surface area contributed by atoms with Crippen LogP contribution in [-0.4, -0.2) is 47.5 Å². The minimum absolute atomic E-state index is 0.504. The number of hydrogen-bond acceptors (Lipinski definition) is 4. The van der Waals surface area contributed by atoms with Gasteiger partial charge in [0.15, 0.2) is 0 Å². The van der Waals surface area contributed by atoms with Crippen LogP contribution in [0.4, 0.5) is 0 Å². The van der Waals surface area contributed by atoms with E-state index in [9.17, 15) is 0 Å². The molecule has 3 rings (SSSR count). The molecule has 0 amide bonds. The van der Waals surface area contributed by atoms with E-state index in [2.05, 4.69) is 41.0 Å². The van der Waals surface area contributed by atoms with Crippen LogP contribution < -0.4 is 0 Å². The van der Waals surface area contributed by atoms with Gasteiger partial charge in [-0.05, 0) is 57.6 Å². The summed E-state index contributed by atoms with van der Waals surface area (Å²) in [7, 11) is 4.36. The number of furan rings is 1. The second-order valence-corrected chi connectivity index (χ2v) is 6.44. The number of likely N-dealkylation sites (tertiary alicyclic amines) is 1. The van der Waals surface area contributed by atoms with Gasteiger partial charge in [0.2, 0.25) is 0 Å². The number of rotatable bonds is 5. The monoisotopic (exact) mass is 299 g/mol. The summed E-state index contributed by atoms with van der Waals surface area (Å²) in [5, 5.41) is 0. The van der Waals surface area contributed by atoms with Crippen LogP contribution in [0.2, 0.25) is 0 Å². The fraction of sp³-hybridized carbons (Fsp3) is 0.500. The zero-order valence-electron chi connectivity index (χ0n) is 13.7. The normalized spacial score (nSPS) is 22.5. The molecule has 118 valence electrons. The Morgan fingerprint density at radius 2 is 2.18 bits per heavy atom. The summed E-state index contributed by atoms with van der Waals surface area (Å²) in [6, 6.07) is 9.42. The zero-order valence-corrected chi connectivity index (χ0v) is 13.7. The number of pyridine rings is 1. The van der Waals surface area contributed by atoms with E-state index in [0.717, 1.165) is 31.0 Å². The molecule has 1 aliphatic rings. The number of nitrogens with zero attached hydrogens (tertiary/aromatic N) is 3. The van der Waals surface area contributed by atoms with Crippen LogP contribution in [0.3, 0.4) is 0 Å². The third-order valence-electron chi connectivity index (χ3n) is 4.61. The smallest absolute Gasteiger partial charge is 0.118 e. The molecule has 0 aliphatic carbocycles. The van der Waals surface area contributed by atoms with Crippen LogP contribution in [0.25, 0.3) is 0 Å². The van der Waals surface area contributed by atoms with E-state index in [1.165, 1.54) is 12.0 Å². The fourth-order valence-electron chi connectivity index (χ4n) is 3.49. The summed E-state index contributed by atoms with van der Waals surface area (Å²) in [5.74, 6) is 2.05. The summed E-state index contributed by atoms with van der Waals surface area (Å²) >= 11 is 0. The fourth-order valence-corrected chi connectivity index (χ4v) is 3.49. The highest BCUT2D eigenvalue weighted by Gasteiger charge is 2.35. The van der Waals surface area contributed by atoms with Crippen molar-refractivity contribution in [3.63, 3.8) is 0 Å². The molecule has 1 fully saturated rings. The van der Waals surface area contributed by atoms with Crippen molar-refractivity contribution in [1.29, 1.82) is 0 Å². The number of aryl methyl sites for hydroxylation is 1. The van der Waals surface area contributed by atoms with Crippen LogP contribution in [-0.2, 0) is 13.0 Å². The van der Waals surface area contributed by atoms with Crippen molar-refractivity contribution in [3.05, 3.63) is 53.7 Å². The highest BCUT2D eigenvalue weighted by molar-refractivity contribution is 5.13. The van der Waals surface area contributed by atoms with E-state index in [1.54, 1.807) is 0 Å². The van der Waals surface area contributed by atoms with Crippen molar-refractivity contribution in [1.82, 2.24) is 14.8 Å². The van der Waals surface area contributed by atoms with Crippen LogP contribution in [0.1, 0.15) is 23.5 Å². The van der Waals surface area contributed by atoms with Crippen LogP contribution in [0.15, 0.2) is 41.1 Å². The number of hydrogen-bond donors (Lipinski definition) is 0. The molecule has 4 nitrogen and oxygen atoms in total. The second-order valence-electron chi connectivity index (χ2n) is 6.44. The Hall–Kier alpha value is -1.65. The highest BCUT2D eigenvalue weighted by Crippen LogP contribution is 2.26. The van der Waals surface area contributed by atoms with Crippen LogP contribution >= 0.6 is 0 Å². The molecular formula is C18H25N3O. The van der Waals surface area contributed by atoms with Gasteiger partial charge < -0.3 is 9.32 Å². The first kappa shape index (κ1) is 15.3. The van der Waals surface area contributed by atoms with Gasteiger partial charge in [-0.3, -0.25) is 9.88 Å². The lowest BCUT2D eigenvalue weighted by Crippen LogP contribution is -2.43. The topological polar surface area (TPSA) is 32.5 Å². The molecule has 4 heteroatoms. The van der Waals surface area contributed by atoms with E-state index in [1.807, 2.05) is 31.5 Å². The minimum atomic E-state index is 0.504. The average Bonchev–Trinajstić information content (AvgIpc) is 3.08. The largest absolute Gasteiger partial charge is 0.465 e. The van der Waals surface area contributed by atoms with Gasteiger partial charge in [-0.25, -0.2) is 0 Å². The molecule has 0 bridgehead atoms. The molecule has 3 heterocycles. The summed E-state index contributed by atoms with van der Waals surface area (Å²) < 4.78 is 5.77. The Balaban J connectivity index is 1.76. The maximum atomic E-state index is 5.77. The van der Waals surface area contributed by atoms with Gasteiger partial charge in [0.25, 0.3) is 0 Å². The Kier molecular flexibility index (Phi) is 4.60. The van der Waals surface area contributed by atoms with Crippen LogP contribution in [0.5, 0.6) is 0 Å². The molecule has 0 radical (unpaired) electrons. The van der Waals surface area contributed by atoms with Gasteiger partial charge in [0.1, 0.15) is 11.5 Å². The zero-order chi connectivity index (χ0) is 15.5. The summed E-state index contributed by atoms with van der Waals surface area (Å²) in [6.45, 7) is 4.01.